The lowest BCUT2D eigenvalue weighted by Crippen LogP contribution is -2.55. The van der Waals surface area contributed by atoms with E-state index < -0.39 is 55.9 Å². The lowest BCUT2D eigenvalue weighted by Gasteiger charge is -2.51. The molecule has 0 aliphatic carbocycles. The summed E-state index contributed by atoms with van der Waals surface area (Å²) >= 11 is 6.10. The Morgan fingerprint density at radius 1 is 1.15 bits per heavy atom. The second-order valence-electron chi connectivity index (χ2n) is 12.3. The Labute approximate surface area is 245 Å². The second kappa shape index (κ2) is 11.3. The standard InChI is InChI=1S/C30H36ClF2NO6S/c1-29(2,3)40-28(35)34-13-10-21(17-34)41(36,37)15-11-25-22-18-39-27-24(33)9-8-23(32)26(27)30(22,12-14-38-25)16-19-4-6-20(31)7-5-19/h4-9,21-22,25H,10-18H2,1-3H3/t21-,22+,25+,30+/m1/s1. The number of hydrogen-bond donors (Lipinski definition) is 0. The van der Waals surface area contributed by atoms with Crippen molar-refractivity contribution in [3.8, 4) is 5.75 Å². The van der Waals surface area contributed by atoms with Gasteiger partial charge < -0.3 is 19.1 Å². The average molecular weight is 612 g/mol. The molecule has 5 rings (SSSR count). The molecule has 1 amide bonds. The first-order chi connectivity index (χ1) is 19.3. The predicted molar refractivity (Wildman–Crippen MR) is 151 cm³/mol. The molecule has 3 aliphatic rings. The molecule has 7 nitrogen and oxygen atoms in total. The molecule has 0 bridgehead atoms. The van der Waals surface area contributed by atoms with Gasteiger partial charge in [0.05, 0.1) is 23.7 Å². The van der Waals surface area contributed by atoms with Crippen LogP contribution in [0.25, 0.3) is 0 Å². The van der Waals surface area contributed by atoms with Crippen LogP contribution in [0, 0.1) is 17.6 Å². The number of sulfone groups is 1. The fourth-order valence-corrected chi connectivity index (χ4v) is 8.35. The number of likely N-dealkylation sites (tertiary alicyclic amines) is 1. The Hall–Kier alpha value is -2.43. The first-order valence-electron chi connectivity index (χ1n) is 14.0. The van der Waals surface area contributed by atoms with Crippen LogP contribution >= 0.6 is 11.6 Å². The summed E-state index contributed by atoms with van der Waals surface area (Å²) in [5.41, 5.74) is -0.448. The highest BCUT2D eigenvalue weighted by molar-refractivity contribution is 7.92. The Balaban J connectivity index is 1.37. The van der Waals surface area contributed by atoms with Crippen LogP contribution in [0.3, 0.4) is 0 Å². The molecular formula is C30H36ClF2NO6S. The van der Waals surface area contributed by atoms with E-state index in [0.717, 1.165) is 17.7 Å². The molecule has 41 heavy (non-hydrogen) atoms. The van der Waals surface area contributed by atoms with Crippen molar-refractivity contribution in [3.05, 3.63) is 64.2 Å². The Bertz CT molecular complexity index is 1400. The van der Waals surface area contributed by atoms with E-state index in [4.69, 9.17) is 25.8 Å². The van der Waals surface area contributed by atoms with Crippen molar-refractivity contribution < 1.29 is 36.2 Å². The molecule has 224 valence electrons. The van der Waals surface area contributed by atoms with Crippen molar-refractivity contribution in [1.82, 2.24) is 4.90 Å². The zero-order valence-corrected chi connectivity index (χ0v) is 25.1. The molecule has 3 heterocycles. The van der Waals surface area contributed by atoms with Gasteiger partial charge in [0.25, 0.3) is 0 Å². The lowest BCUT2D eigenvalue weighted by atomic mass is 9.60. The van der Waals surface area contributed by atoms with E-state index in [1.165, 1.54) is 4.90 Å². The van der Waals surface area contributed by atoms with Gasteiger partial charge in [-0.05, 0) is 76.3 Å². The maximum absolute atomic E-state index is 15.5. The minimum absolute atomic E-state index is 0.0710. The van der Waals surface area contributed by atoms with E-state index in [1.54, 1.807) is 32.9 Å². The third-order valence-corrected chi connectivity index (χ3v) is 10.9. The first kappa shape index (κ1) is 30.0. The van der Waals surface area contributed by atoms with Crippen LogP contribution in [0.15, 0.2) is 36.4 Å². The van der Waals surface area contributed by atoms with Gasteiger partial charge in [-0.15, -0.1) is 0 Å². The van der Waals surface area contributed by atoms with Crippen LogP contribution in [0.1, 0.15) is 51.2 Å². The minimum atomic E-state index is -3.59. The molecule has 0 radical (unpaired) electrons. The Kier molecular flexibility index (Phi) is 8.31. The highest BCUT2D eigenvalue weighted by atomic mass is 35.5. The molecule has 3 aliphatic heterocycles. The molecule has 0 unspecified atom stereocenters. The van der Waals surface area contributed by atoms with Gasteiger partial charge in [-0.2, -0.15) is 0 Å². The minimum Gasteiger partial charge on any atom is -0.490 e. The van der Waals surface area contributed by atoms with Crippen LogP contribution < -0.4 is 4.74 Å². The van der Waals surface area contributed by atoms with Crippen molar-refractivity contribution in [3.63, 3.8) is 0 Å². The van der Waals surface area contributed by atoms with Crippen LogP contribution in [-0.4, -0.2) is 68.4 Å². The summed E-state index contributed by atoms with van der Waals surface area (Å²) in [6, 6.07) is 9.44. The quantitative estimate of drug-likeness (QED) is 0.416. The molecule has 2 fully saturated rings. The normalized spacial score (nSPS) is 26.2. The number of ether oxygens (including phenoxy) is 3. The van der Waals surface area contributed by atoms with E-state index >= 15 is 4.39 Å². The number of halogens is 3. The maximum atomic E-state index is 15.5. The van der Waals surface area contributed by atoms with Gasteiger partial charge in [0.15, 0.2) is 21.4 Å². The number of amides is 1. The van der Waals surface area contributed by atoms with Crippen molar-refractivity contribution in [2.24, 2.45) is 5.92 Å². The van der Waals surface area contributed by atoms with Gasteiger partial charge in [0.1, 0.15) is 11.4 Å². The Morgan fingerprint density at radius 2 is 1.85 bits per heavy atom. The third-order valence-electron chi connectivity index (χ3n) is 8.43. The molecule has 0 spiro atoms. The van der Waals surface area contributed by atoms with Gasteiger partial charge >= 0.3 is 6.09 Å². The topological polar surface area (TPSA) is 82.1 Å². The number of benzene rings is 2. The Morgan fingerprint density at radius 3 is 2.56 bits per heavy atom. The zero-order valence-electron chi connectivity index (χ0n) is 23.5. The zero-order chi connectivity index (χ0) is 29.6. The lowest BCUT2D eigenvalue weighted by molar-refractivity contribution is -0.0963. The van der Waals surface area contributed by atoms with Gasteiger partial charge in [0.2, 0.25) is 0 Å². The van der Waals surface area contributed by atoms with Crippen molar-refractivity contribution >= 4 is 27.5 Å². The summed E-state index contributed by atoms with van der Waals surface area (Å²) in [6.07, 6.45) is 0.251. The largest absolute Gasteiger partial charge is 0.490 e. The van der Waals surface area contributed by atoms with E-state index in [2.05, 4.69) is 0 Å². The molecule has 2 aromatic rings. The summed E-state index contributed by atoms with van der Waals surface area (Å²) in [5.74, 6) is -1.83. The van der Waals surface area contributed by atoms with Gasteiger partial charge in [-0.3, -0.25) is 0 Å². The molecule has 0 N–H and O–H groups in total. The molecule has 0 saturated carbocycles. The van der Waals surface area contributed by atoms with E-state index in [0.29, 0.717) is 30.8 Å². The molecule has 2 saturated heterocycles. The maximum Gasteiger partial charge on any atom is 0.410 e. The fraction of sp³-hybridized carbons (Fsp3) is 0.567. The number of carbonyl (C=O) groups excluding carboxylic acids is 1. The molecule has 4 atom stereocenters. The predicted octanol–water partition coefficient (Wildman–Crippen LogP) is 5.71. The highest BCUT2D eigenvalue weighted by Crippen LogP contribution is 2.53. The monoisotopic (exact) mass is 611 g/mol. The highest BCUT2D eigenvalue weighted by Gasteiger charge is 2.53. The number of carbonyl (C=O) groups is 1. The van der Waals surface area contributed by atoms with E-state index in [9.17, 15) is 17.6 Å². The summed E-state index contributed by atoms with van der Waals surface area (Å²) in [6.45, 7) is 6.01. The smallest absolute Gasteiger partial charge is 0.410 e. The molecule has 2 aromatic carbocycles. The average Bonchev–Trinajstić information content (AvgIpc) is 3.41. The van der Waals surface area contributed by atoms with Crippen molar-refractivity contribution in [2.45, 2.75) is 68.8 Å². The van der Waals surface area contributed by atoms with Crippen molar-refractivity contribution in [1.29, 1.82) is 0 Å². The summed E-state index contributed by atoms with van der Waals surface area (Å²) in [4.78, 5) is 13.9. The van der Waals surface area contributed by atoms with Gasteiger partial charge in [-0.25, -0.2) is 22.0 Å². The van der Waals surface area contributed by atoms with E-state index in [1.807, 2.05) is 12.1 Å². The first-order valence-corrected chi connectivity index (χ1v) is 16.1. The third kappa shape index (κ3) is 6.20. The SMILES string of the molecule is CC(C)(C)OC(=O)N1CC[C@@H](S(=O)(=O)CC[C@@H]2OCC[C@@]3(Cc4ccc(Cl)cc4)c4c(F)ccc(F)c4OC[C@@H]23)C1. The van der Waals surface area contributed by atoms with Crippen molar-refractivity contribution in [2.75, 3.05) is 32.1 Å². The molecule has 11 heteroatoms. The van der Waals surface area contributed by atoms with Crippen LogP contribution in [0.4, 0.5) is 13.6 Å². The van der Waals surface area contributed by atoms with Crippen LogP contribution in [0.5, 0.6) is 5.75 Å². The number of nitrogens with zero attached hydrogens (tertiary/aromatic N) is 1. The van der Waals surface area contributed by atoms with Gasteiger partial charge in [0, 0.05) is 41.6 Å². The number of rotatable bonds is 6. The molecular weight excluding hydrogens is 576 g/mol. The van der Waals surface area contributed by atoms with Crippen LogP contribution in [-0.2, 0) is 31.1 Å². The summed E-state index contributed by atoms with van der Waals surface area (Å²) in [7, 11) is -3.59. The number of fused-ring (bicyclic) bond motifs is 3. The van der Waals surface area contributed by atoms with E-state index in [-0.39, 0.29) is 43.2 Å². The van der Waals surface area contributed by atoms with Crippen LogP contribution in [0.2, 0.25) is 5.02 Å². The van der Waals surface area contributed by atoms with Gasteiger partial charge in [-0.1, -0.05) is 23.7 Å². The number of hydrogen-bond acceptors (Lipinski definition) is 6. The molecule has 0 aromatic heterocycles. The summed E-state index contributed by atoms with van der Waals surface area (Å²) in [5, 5.41) is -0.132. The fourth-order valence-electron chi connectivity index (χ4n) is 6.46. The second-order valence-corrected chi connectivity index (χ2v) is 15.1. The summed E-state index contributed by atoms with van der Waals surface area (Å²) < 4.78 is 74.5.